The molecule has 2 aromatic rings. The molecule has 0 bridgehead atoms. The summed E-state index contributed by atoms with van der Waals surface area (Å²) in [5, 5.41) is 4.04. The maximum atomic E-state index is 13.0. The van der Waals surface area contributed by atoms with Crippen LogP contribution >= 0.6 is 11.5 Å². The van der Waals surface area contributed by atoms with Crippen LogP contribution in [0.5, 0.6) is 11.5 Å². The quantitative estimate of drug-likeness (QED) is 0.742. The van der Waals surface area contributed by atoms with Crippen LogP contribution in [-0.2, 0) is 9.84 Å². The Bertz CT molecular complexity index is 942. The molecule has 1 aliphatic rings. The molecule has 8 nitrogen and oxygen atoms in total. The van der Waals surface area contributed by atoms with E-state index in [2.05, 4.69) is 9.59 Å². The van der Waals surface area contributed by atoms with Crippen molar-refractivity contribution >= 4 is 27.3 Å². The molecule has 27 heavy (non-hydrogen) atoms. The Labute approximate surface area is 162 Å². The number of hydrogen-bond acceptors (Lipinski definition) is 8. The Balaban J connectivity index is 1.85. The summed E-state index contributed by atoms with van der Waals surface area (Å²) in [4.78, 5) is 14.7. The number of hydrogen-bond donors (Lipinski definition) is 0. The minimum Gasteiger partial charge on any atom is -0.497 e. The highest BCUT2D eigenvalue weighted by Crippen LogP contribution is 2.33. The van der Waals surface area contributed by atoms with E-state index in [1.54, 1.807) is 30.2 Å². The number of carbonyl (C=O) groups is 1. The van der Waals surface area contributed by atoms with E-state index in [-0.39, 0.29) is 16.0 Å². The molecule has 0 spiro atoms. The van der Waals surface area contributed by atoms with Crippen molar-refractivity contribution < 1.29 is 22.7 Å². The zero-order valence-corrected chi connectivity index (χ0v) is 17.0. The molecule has 1 atom stereocenters. The van der Waals surface area contributed by atoms with Gasteiger partial charge in [0.25, 0.3) is 5.91 Å². The summed E-state index contributed by atoms with van der Waals surface area (Å²) >= 11 is 0.880. The first kappa shape index (κ1) is 19.6. The van der Waals surface area contributed by atoms with Crippen molar-refractivity contribution in [1.82, 2.24) is 14.5 Å². The second-order valence-electron chi connectivity index (χ2n) is 6.37. The van der Waals surface area contributed by atoms with E-state index in [1.165, 1.54) is 7.11 Å². The van der Waals surface area contributed by atoms with Crippen molar-refractivity contribution in [3.05, 3.63) is 29.5 Å². The van der Waals surface area contributed by atoms with E-state index < -0.39 is 9.84 Å². The Morgan fingerprint density at radius 1 is 1.30 bits per heavy atom. The van der Waals surface area contributed by atoms with Gasteiger partial charge in [0.1, 0.15) is 11.5 Å². The van der Waals surface area contributed by atoms with Crippen molar-refractivity contribution in [2.24, 2.45) is 0 Å². The number of amides is 1. The van der Waals surface area contributed by atoms with Crippen molar-refractivity contribution in [2.75, 3.05) is 33.6 Å². The number of ether oxygens (including phenoxy) is 2. The van der Waals surface area contributed by atoms with Gasteiger partial charge in [-0.25, -0.2) is 8.42 Å². The zero-order valence-electron chi connectivity index (χ0n) is 15.3. The lowest BCUT2D eigenvalue weighted by molar-refractivity contribution is 0.0701. The average Bonchev–Trinajstić information content (AvgIpc) is 3.17. The Kier molecular flexibility index (Phi) is 5.66. The number of rotatable bonds is 5. The van der Waals surface area contributed by atoms with Crippen LogP contribution < -0.4 is 9.47 Å². The lowest BCUT2D eigenvalue weighted by Gasteiger charge is -2.32. The molecule has 0 aliphatic carbocycles. The van der Waals surface area contributed by atoms with Crippen LogP contribution in [0.4, 0.5) is 0 Å². The highest BCUT2D eigenvalue weighted by Gasteiger charge is 2.32. The largest absolute Gasteiger partial charge is 0.497 e. The summed E-state index contributed by atoms with van der Waals surface area (Å²) in [7, 11) is -0.339. The second kappa shape index (κ2) is 7.81. The molecule has 1 amide bonds. The Hall–Kier alpha value is -2.20. The van der Waals surface area contributed by atoms with Crippen LogP contribution in [0.2, 0.25) is 0 Å². The fourth-order valence-corrected chi connectivity index (χ4v) is 4.96. The number of piperidine rings is 1. The van der Waals surface area contributed by atoms with Crippen molar-refractivity contribution in [3.63, 3.8) is 0 Å². The summed E-state index contributed by atoms with van der Waals surface area (Å²) in [5.74, 6) is 0.721. The van der Waals surface area contributed by atoms with Gasteiger partial charge in [-0.05, 0) is 25.0 Å². The molecule has 1 aliphatic heterocycles. The lowest BCUT2D eigenvalue weighted by Crippen LogP contribution is -2.39. The predicted molar refractivity (Wildman–Crippen MR) is 100 cm³/mol. The van der Waals surface area contributed by atoms with Crippen LogP contribution in [0.25, 0.3) is 0 Å². The van der Waals surface area contributed by atoms with E-state index in [1.807, 2.05) is 0 Å². The smallest absolute Gasteiger partial charge is 0.257 e. The van der Waals surface area contributed by atoms with Gasteiger partial charge in [-0.3, -0.25) is 4.79 Å². The van der Waals surface area contributed by atoms with E-state index in [0.717, 1.165) is 30.6 Å². The summed E-state index contributed by atoms with van der Waals surface area (Å²) in [6.07, 6.45) is 2.67. The second-order valence-corrected chi connectivity index (χ2v) is 9.34. The van der Waals surface area contributed by atoms with Gasteiger partial charge in [0.2, 0.25) is 0 Å². The normalized spacial score (nSPS) is 17.6. The number of benzene rings is 1. The maximum Gasteiger partial charge on any atom is 0.257 e. The SMILES string of the molecule is COc1ccc(C(=O)N2CCCC(c3nnsc3S(C)(=O)=O)C2)c(OC)c1. The molecule has 10 heteroatoms. The lowest BCUT2D eigenvalue weighted by atomic mass is 9.95. The zero-order chi connectivity index (χ0) is 19.6. The van der Waals surface area contributed by atoms with Gasteiger partial charge >= 0.3 is 0 Å². The number of likely N-dealkylation sites (tertiary alicyclic amines) is 1. The van der Waals surface area contributed by atoms with Crippen LogP contribution in [0.1, 0.15) is 34.8 Å². The van der Waals surface area contributed by atoms with Crippen LogP contribution in [0.15, 0.2) is 22.4 Å². The average molecular weight is 412 g/mol. The summed E-state index contributed by atoms with van der Waals surface area (Å²) in [5.41, 5.74) is 0.903. The first-order valence-corrected chi connectivity index (χ1v) is 11.0. The molecule has 0 saturated carbocycles. The minimum absolute atomic E-state index is 0.157. The number of sulfone groups is 1. The molecule has 0 radical (unpaired) electrons. The molecule has 1 aromatic carbocycles. The molecular weight excluding hydrogens is 390 g/mol. The monoisotopic (exact) mass is 411 g/mol. The molecule has 1 unspecified atom stereocenters. The Morgan fingerprint density at radius 2 is 2.07 bits per heavy atom. The highest BCUT2D eigenvalue weighted by atomic mass is 32.2. The molecule has 2 heterocycles. The van der Waals surface area contributed by atoms with Gasteiger partial charge in [0.15, 0.2) is 14.0 Å². The minimum atomic E-state index is -3.39. The molecule has 1 saturated heterocycles. The van der Waals surface area contributed by atoms with Crippen molar-refractivity contribution in [1.29, 1.82) is 0 Å². The summed E-state index contributed by atoms with van der Waals surface area (Å²) < 4.78 is 38.4. The van der Waals surface area contributed by atoms with E-state index in [4.69, 9.17) is 9.47 Å². The van der Waals surface area contributed by atoms with Crippen LogP contribution in [0.3, 0.4) is 0 Å². The third-order valence-corrected chi connectivity index (χ3v) is 7.11. The predicted octanol–water partition coefficient (Wildman–Crippen LogP) is 1.98. The first-order valence-electron chi connectivity index (χ1n) is 8.38. The maximum absolute atomic E-state index is 13.0. The van der Waals surface area contributed by atoms with Crippen LogP contribution in [0, 0.1) is 0 Å². The molecule has 3 rings (SSSR count). The van der Waals surface area contributed by atoms with Gasteiger partial charge < -0.3 is 14.4 Å². The van der Waals surface area contributed by atoms with Crippen molar-refractivity contribution in [3.8, 4) is 11.5 Å². The van der Waals surface area contributed by atoms with Gasteiger partial charge in [-0.1, -0.05) is 4.49 Å². The number of aromatic nitrogens is 2. The third-order valence-electron chi connectivity index (χ3n) is 4.55. The van der Waals surface area contributed by atoms with E-state index in [0.29, 0.717) is 35.8 Å². The van der Waals surface area contributed by atoms with Gasteiger partial charge in [0, 0.05) is 42.9 Å². The van der Waals surface area contributed by atoms with Gasteiger partial charge in [0.05, 0.1) is 25.5 Å². The summed E-state index contributed by atoms with van der Waals surface area (Å²) in [6.45, 7) is 0.984. The molecule has 0 N–H and O–H groups in total. The van der Waals surface area contributed by atoms with Crippen LogP contribution in [-0.4, -0.2) is 62.4 Å². The van der Waals surface area contributed by atoms with Crippen molar-refractivity contribution in [2.45, 2.75) is 23.0 Å². The topological polar surface area (TPSA) is 98.7 Å². The molecule has 1 fully saturated rings. The van der Waals surface area contributed by atoms with E-state index in [9.17, 15) is 13.2 Å². The first-order chi connectivity index (χ1) is 12.8. The number of carbonyl (C=O) groups excluding carboxylic acids is 1. The fraction of sp³-hybridized carbons (Fsp3) is 0.471. The highest BCUT2D eigenvalue weighted by molar-refractivity contribution is 7.92. The van der Waals surface area contributed by atoms with E-state index >= 15 is 0 Å². The number of methoxy groups -OCH3 is 2. The van der Waals surface area contributed by atoms with Gasteiger partial charge in [-0.2, -0.15) is 0 Å². The van der Waals surface area contributed by atoms with Gasteiger partial charge in [-0.15, -0.1) is 5.10 Å². The molecular formula is C17H21N3O5S2. The number of nitrogens with zero attached hydrogens (tertiary/aromatic N) is 3. The fourth-order valence-electron chi connectivity index (χ4n) is 3.23. The summed E-state index contributed by atoms with van der Waals surface area (Å²) in [6, 6.07) is 5.06. The molecule has 1 aromatic heterocycles. The molecule has 146 valence electrons. The standard InChI is InChI=1S/C17H21N3O5S2/c1-24-12-6-7-13(14(9-12)25-2)16(21)20-8-4-5-11(10-20)15-17(26-19-18-15)27(3,22)23/h6-7,9,11H,4-5,8,10H2,1-3H3. The Morgan fingerprint density at radius 3 is 2.74 bits per heavy atom. The third kappa shape index (κ3) is 4.06.